The van der Waals surface area contributed by atoms with E-state index in [2.05, 4.69) is 42.0 Å². The highest BCUT2D eigenvalue weighted by atomic mass is 14.9. The van der Waals surface area contributed by atoms with Crippen LogP contribution in [-0.4, -0.2) is 9.97 Å². The molecule has 1 fully saturated rings. The standard InChI is InChI=1S/C15H17N3/c1-10(2)14-17-12-5-4-11(8-13(12)18-14)15(9-16)6-3-7-15/h4-5,8,10H,3,6-7H2,1-2H3,(H,17,18). The van der Waals surface area contributed by atoms with Crippen LogP contribution in [0.5, 0.6) is 0 Å². The number of aromatic amines is 1. The van der Waals surface area contributed by atoms with Crippen molar-refractivity contribution >= 4 is 11.0 Å². The summed E-state index contributed by atoms with van der Waals surface area (Å²) < 4.78 is 0. The first-order chi connectivity index (χ1) is 8.64. The molecule has 1 aromatic heterocycles. The third-order valence-corrected chi connectivity index (χ3v) is 4.02. The van der Waals surface area contributed by atoms with E-state index in [9.17, 15) is 5.26 Å². The fourth-order valence-electron chi connectivity index (χ4n) is 2.60. The second-order valence-corrected chi connectivity index (χ2v) is 5.56. The van der Waals surface area contributed by atoms with Gasteiger partial charge in [0.25, 0.3) is 0 Å². The summed E-state index contributed by atoms with van der Waals surface area (Å²) in [5, 5.41) is 9.38. The quantitative estimate of drug-likeness (QED) is 0.870. The molecule has 3 nitrogen and oxygen atoms in total. The summed E-state index contributed by atoms with van der Waals surface area (Å²) in [5.74, 6) is 1.41. The van der Waals surface area contributed by atoms with E-state index in [-0.39, 0.29) is 5.41 Å². The molecule has 3 rings (SSSR count). The number of rotatable bonds is 2. The summed E-state index contributed by atoms with van der Waals surface area (Å²) in [5.41, 5.74) is 2.95. The summed E-state index contributed by atoms with van der Waals surface area (Å²) in [6.45, 7) is 4.25. The van der Waals surface area contributed by atoms with E-state index in [1.165, 1.54) is 0 Å². The fourth-order valence-corrected chi connectivity index (χ4v) is 2.60. The van der Waals surface area contributed by atoms with Gasteiger partial charge < -0.3 is 4.98 Å². The first-order valence-corrected chi connectivity index (χ1v) is 6.56. The molecule has 0 unspecified atom stereocenters. The molecule has 0 spiro atoms. The molecule has 1 aliphatic rings. The van der Waals surface area contributed by atoms with Crippen LogP contribution in [0.15, 0.2) is 18.2 Å². The third-order valence-electron chi connectivity index (χ3n) is 4.02. The van der Waals surface area contributed by atoms with Crippen molar-refractivity contribution in [2.45, 2.75) is 44.4 Å². The van der Waals surface area contributed by atoms with Crippen molar-refractivity contribution in [3.8, 4) is 6.07 Å². The van der Waals surface area contributed by atoms with Gasteiger partial charge in [-0.25, -0.2) is 4.98 Å². The maximum Gasteiger partial charge on any atom is 0.109 e. The number of nitrogens with one attached hydrogen (secondary N) is 1. The van der Waals surface area contributed by atoms with Crippen LogP contribution < -0.4 is 0 Å². The van der Waals surface area contributed by atoms with Gasteiger partial charge in [-0.05, 0) is 37.0 Å². The van der Waals surface area contributed by atoms with E-state index in [4.69, 9.17) is 0 Å². The Hall–Kier alpha value is -1.82. The Morgan fingerprint density at radius 1 is 1.39 bits per heavy atom. The van der Waals surface area contributed by atoms with Crippen LogP contribution in [0.4, 0.5) is 0 Å². The average molecular weight is 239 g/mol. The van der Waals surface area contributed by atoms with Crippen LogP contribution in [0.1, 0.15) is 50.4 Å². The molecule has 2 aromatic rings. The lowest BCUT2D eigenvalue weighted by molar-refractivity contribution is 0.324. The topological polar surface area (TPSA) is 52.5 Å². The van der Waals surface area contributed by atoms with E-state index in [1.807, 2.05) is 6.07 Å². The molecule has 0 bridgehead atoms. The Kier molecular flexibility index (Phi) is 2.41. The van der Waals surface area contributed by atoms with Crippen LogP contribution in [0.25, 0.3) is 11.0 Å². The van der Waals surface area contributed by atoms with E-state index >= 15 is 0 Å². The molecule has 0 radical (unpaired) electrons. The maximum atomic E-state index is 9.38. The highest BCUT2D eigenvalue weighted by molar-refractivity contribution is 5.76. The summed E-state index contributed by atoms with van der Waals surface area (Å²) in [7, 11) is 0. The molecule has 0 amide bonds. The van der Waals surface area contributed by atoms with Crippen molar-refractivity contribution < 1.29 is 0 Å². The number of aromatic nitrogens is 2. The molecule has 1 saturated carbocycles. The van der Waals surface area contributed by atoms with Gasteiger partial charge in [-0.1, -0.05) is 19.9 Å². The molecular weight excluding hydrogens is 222 g/mol. The second-order valence-electron chi connectivity index (χ2n) is 5.56. The van der Waals surface area contributed by atoms with E-state index in [0.29, 0.717) is 5.92 Å². The van der Waals surface area contributed by atoms with Crippen molar-refractivity contribution in [3.63, 3.8) is 0 Å². The highest BCUT2D eigenvalue weighted by Crippen LogP contribution is 2.43. The minimum absolute atomic E-state index is 0.239. The first kappa shape index (κ1) is 11.3. The van der Waals surface area contributed by atoms with Crippen LogP contribution in [-0.2, 0) is 5.41 Å². The number of H-pyrrole nitrogens is 1. The van der Waals surface area contributed by atoms with Gasteiger partial charge in [-0.15, -0.1) is 0 Å². The van der Waals surface area contributed by atoms with Crippen molar-refractivity contribution in [2.75, 3.05) is 0 Å². The number of nitriles is 1. The Balaban J connectivity index is 2.08. The lowest BCUT2D eigenvalue weighted by Gasteiger charge is -2.35. The van der Waals surface area contributed by atoms with Gasteiger partial charge in [-0.3, -0.25) is 0 Å². The normalized spacial score (nSPS) is 17.7. The molecule has 92 valence electrons. The van der Waals surface area contributed by atoms with Gasteiger partial charge in [0.05, 0.1) is 22.5 Å². The van der Waals surface area contributed by atoms with Crippen LogP contribution in [0.2, 0.25) is 0 Å². The van der Waals surface area contributed by atoms with Crippen molar-refractivity contribution in [3.05, 3.63) is 29.6 Å². The van der Waals surface area contributed by atoms with Gasteiger partial charge in [0.2, 0.25) is 0 Å². The molecule has 1 aliphatic carbocycles. The van der Waals surface area contributed by atoms with Crippen LogP contribution >= 0.6 is 0 Å². The fraction of sp³-hybridized carbons (Fsp3) is 0.467. The second kappa shape index (κ2) is 3.84. The van der Waals surface area contributed by atoms with Gasteiger partial charge in [-0.2, -0.15) is 5.26 Å². The van der Waals surface area contributed by atoms with Crippen LogP contribution in [0, 0.1) is 11.3 Å². The zero-order valence-corrected chi connectivity index (χ0v) is 10.8. The predicted octanol–water partition coefficient (Wildman–Crippen LogP) is 3.63. The predicted molar refractivity (Wildman–Crippen MR) is 71.3 cm³/mol. The zero-order valence-electron chi connectivity index (χ0n) is 10.8. The third kappa shape index (κ3) is 1.53. The Labute approximate surface area is 107 Å². The molecule has 0 saturated heterocycles. The number of benzene rings is 1. The Morgan fingerprint density at radius 2 is 2.17 bits per heavy atom. The minimum atomic E-state index is -0.239. The van der Waals surface area contributed by atoms with Gasteiger partial charge in [0.15, 0.2) is 0 Å². The number of hydrogen-bond acceptors (Lipinski definition) is 2. The lowest BCUT2D eigenvalue weighted by atomic mass is 9.65. The number of hydrogen-bond donors (Lipinski definition) is 1. The summed E-state index contributed by atoms with van der Waals surface area (Å²) in [4.78, 5) is 7.93. The van der Waals surface area contributed by atoms with Gasteiger partial charge in [0.1, 0.15) is 5.82 Å². The molecule has 1 N–H and O–H groups in total. The smallest absolute Gasteiger partial charge is 0.109 e. The molecule has 0 aliphatic heterocycles. The number of nitrogens with zero attached hydrogens (tertiary/aromatic N) is 2. The Bertz CT molecular complexity index is 627. The SMILES string of the molecule is CC(C)c1nc2ccc(C3(C#N)CCC3)cc2[nH]1. The molecular formula is C15H17N3. The molecule has 18 heavy (non-hydrogen) atoms. The van der Waals surface area contributed by atoms with Crippen molar-refractivity contribution in [1.82, 2.24) is 9.97 Å². The lowest BCUT2D eigenvalue weighted by Crippen LogP contribution is -2.32. The number of imidazole rings is 1. The van der Waals surface area contributed by atoms with Crippen LogP contribution in [0.3, 0.4) is 0 Å². The summed E-state index contributed by atoms with van der Waals surface area (Å²) >= 11 is 0. The highest BCUT2D eigenvalue weighted by Gasteiger charge is 2.39. The zero-order chi connectivity index (χ0) is 12.8. The van der Waals surface area contributed by atoms with E-state index in [1.54, 1.807) is 0 Å². The van der Waals surface area contributed by atoms with E-state index < -0.39 is 0 Å². The van der Waals surface area contributed by atoms with Crippen molar-refractivity contribution in [2.24, 2.45) is 0 Å². The van der Waals surface area contributed by atoms with Gasteiger partial charge in [0, 0.05) is 5.92 Å². The molecule has 3 heteroatoms. The average Bonchev–Trinajstić information content (AvgIpc) is 2.71. The molecule has 1 aromatic carbocycles. The molecule has 0 atom stereocenters. The maximum absolute atomic E-state index is 9.38. The summed E-state index contributed by atoms with van der Waals surface area (Å²) in [6, 6.07) is 8.70. The number of fused-ring (bicyclic) bond motifs is 1. The van der Waals surface area contributed by atoms with Crippen molar-refractivity contribution in [1.29, 1.82) is 5.26 Å². The molecule has 1 heterocycles. The van der Waals surface area contributed by atoms with Gasteiger partial charge >= 0.3 is 0 Å². The first-order valence-electron chi connectivity index (χ1n) is 6.56. The largest absolute Gasteiger partial charge is 0.342 e. The monoisotopic (exact) mass is 239 g/mol. The van der Waals surface area contributed by atoms with E-state index in [0.717, 1.165) is 41.7 Å². The minimum Gasteiger partial charge on any atom is -0.342 e. The summed E-state index contributed by atoms with van der Waals surface area (Å²) in [6.07, 6.45) is 3.13. The Morgan fingerprint density at radius 3 is 2.72 bits per heavy atom.